The van der Waals surface area contributed by atoms with Crippen molar-refractivity contribution in [3.8, 4) is 0 Å². The Morgan fingerprint density at radius 1 is 1.35 bits per heavy atom. The molecule has 23 heavy (non-hydrogen) atoms. The number of nitrogens with two attached hydrogens (primary N) is 1. The van der Waals surface area contributed by atoms with Gasteiger partial charge in [0, 0.05) is 48.6 Å². The maximum Gasteiger partial charge on any atom is 0.253 e. The second kappa shape index (κ2) is 5.65. The van der Waals surface area contributed by atoms with E-state index in [9.17, 15) is 4.79 Å². The van der Waals surface area contributed by atoms with Crippen LogP contribution in [0, 0.1) is 0 Å². The lowest BCUT2D eigenvalue weighted by atomic mass is 9.80. The van der Waals surface area contributed by atoms with Crippen molar-refractivity contribution in [2.45, 2.75) is 24.8 Å². The molecule has 2 aliphatic heterocycles. The number of rotatable bonds is 1. The summed E-state index contributed by atoms with van der Waals surface area (Å²) in [5.41, 5.74) is 3.17. The van der Waals surface area contributed by atoms with Gasteiger partial charge in [0.1, 0.15) is 11.2 Å². The molecule has 0 bridgehead atoms. The van der Waals surface area contributed by atoms with Crippen molar-refractivity contribution < 1.29 is 10.1 Å². The summed E-state index contributed by atoms with van der Waals surface area (Å²) in [6.45, 7) is 2.60. The molecule has 3 N–H and O–H groups in total. The minimum absolute atomic E-state index is 0.0404. The fourth-order valence-corrected chi connectivity index (χ4v) is 4.07. The molecule has 1 aromatic carbocycles. The van der Waals surface area contributed by atoms with Crippen molar-refractivity contribution in [2.75, 3.05) is 19.6 Å². The maximum atomic E-state index is 12.7. The van der Waals surface area contributed by atoms with Gasteiger partial charge in [0.15, 0.2) is 0 Å². The smallest absolute Gasteiger partial charge is 0.253 e. The van der Waals surface area contributed by atoms with Gasteiger partial charge in [-0.2, -0.15) is 0 Å². The molecule has 6 heteroatoms. The molecule has 0 unspecified atom stereocenters. The lowest BCUT2D eigenvalue weighted by molar-refractivity contribution is -0.743. The van der Waals surface area contributed by atoms with Crippen molar-refractivity contribution in [1.82, 2.24) is 14.9 Å². The van der Waals surface area contributed by atoms with E-state index in [0.29, 0.717) is 10.6 Å². The third-order valence-electron chi connectivity index (χ3n) is 5.13. The monoisotopic (exact) mass is 331 g/mol. The van der Waals surface area contributed by atoms with Gasteiger partial charge < -0.3 is 15.2 Å². The van der Waals surface area contributed by atoms with Crippen LogP contribution >= 0.6 is 11.6 Å². The highest BCUT2D eigenvalue weighted by Crippen LogP contribution is 2.32. The molecule has 2 aromatic rings. The Hall–Kier alpha value is -1.85. The number of imidazole rings is 1. The molecule has 5 nitrogen and oxygen atoms in total. The number of fused-ring (bicyclic) bond motifs is 2. The molecule has 1 aromatic heterocycles. The third kappa shape index (κ3) is 2.54. The second-order valence-corrected chi connectivity index (χ2v) is 6.87. The Bertz CT molecular complexity index is 734. The highest BCUT2D eigenvalue weighted by atomic mass is 35.5. The van der Waals surface area contributed by atoms with Crippen LogP contribution in [0.4, 0.5) is 0 Å². The molecule has 1 fully saturated rings. The Labute approximate surface area is 140 Å². The van der Waals surface area contributed by atoms with Crippen molar-refractivity contribution in [3.05, 3.63) is 52.6 Å². The average Bonchev–Trinajstić information content (AvgIpc) is 3.05. The van der Waals surface area contributed by atoms with Crippen molar-refractivity contribution in [1.29, 1.82) is 0 Å². The van der Waals surface area contributed by atoms with Crippen LogP contribution in [0.3, 0.4) is 0 Å². The molecule has 3 heterocycles. The van der Waals surface area contributed by atoms with E-state index in [-0.39, 0.29) is 11.4 Å². The van der Waals surface area contributed by atoms with E-state index in [2.05, 4.69) is 15.3 Å². The van der Waals surface area contributed by atoms with Crippen LogP contribution < -0.4 is 5.32 Å². The van der Waals surface area contributed by atoms with Crippen LogP contribution in [-0.4, -0.2) is 40.4 Å². The molecule has 4 rings (SSSR count). The predicted molar refractivity (Wildman–Crippen MR) is 87.4 cm³/mol. The third-order valence-corrected chi connectivity index (χ3v) is 5.37. The molecular formula is C17H20ClN4O+. The molecule has 2 aliphatic rings. The second-order valence-electron chi connectivity index (χ2n) is 6.43. The Morgan fingerprint density at radius 2 is 2.17 bits per heavy atom. The molecule has 0 atom stereocenters. The predicted octanol–water partition coefficient (Wildman–Crippen LogP) is 1.31. The minimum atomic E-state index is 0.0404. The van der Waals surface area contributed by atoms with Crippen LogP contribution in [0.15, 0.2) is 30.6 Å². The number of nitrogens with zero attached hydrogens (tertiary/aromatic N) is 2. The number of quaternary nitrogens is 1. The number of benzene rings is 1. The zero-order valence-corrected chi connectivity index (χ0v) is 13.6. The minimum Gasteiger partial charge on any atom is -0.348 e. The van der Waals surface area contributed by atoms with Gasteiger partial charge in [-0.3, -0.25) is 4.79 Å². The van der Waals surface area contributed by atoms with Crippen molar-refractivity contribution >= 4 is 17.5 Å². The fourth-order valence-electron chi connectivity index (χ4n) is 3.88. The van der Waals surface area contributed by atoms with E-state index >= 15 is 0 Å². The van der Waals surface area contributed by atoms with Gasteiger partial charge in [0.05, 0.1) is 12.9 Å². The summed E-state index contributed by atoms with van der Waals surface area (Å²) >= 11 is 6.00. The van der Waals surface area contributed by atoms with E-state index in [0.717, 1.165) is 38.9 Å². The largest absolute Gasteiger partial charge is 0.348 e. The SMILES string of the molecule is O=C(c1cccc(Cl)c1)N1CCC2(CC1)[NH2+]CCc1[nH]cnc12. The zero-order chi connectivity index (χ0) is 15.9. The summed E-state index contributed by atoms with van der Waals surface area (Å²) in [6.07, 6.45) is 4.73. The standard InChI is InChI=1S/C17H19ClN4O/c18-13-3-1-2-12(10-13)16(23)22-8-5-17(6-9-22)15-14(4-7-21-17)19-11-20-15/h1-3,10-11,21H,4-9H2,(H,19,20)/p+1. The average molecular weight is 332 g/mol. The number of nitrogens with one attached hydrogen (secondary N) is 1. The van der Waals surface area contributed by atoms with E-state index in [1.807, 2.05) is 17.0 Å². The maximum absolute atomic E-state index is 12.7. The molecule has 120 valence electrons. The molecular weight excluding hydrogens is 312 g/mol. The van der Waals surface area contributed by atoms with Crippen LogP contribution in [0.1, 0.15) is 34.6 Å². The zero-order valence-electron chi connectivity index (χ0n) is 12.9. The first kappa shape index (κ1) is 14.7. The Morgan fingerprint density at radius 3 is 2.96 bits per heavy atom. The van der Waals surface area contributed by atoms with Gasteiger partial charge in [-0.25, -0.2) is 4.98 Å². The van der Waals surface area contributed by atoms with Gasteiger partial charge in [-0.05, 0) is 18.2 Å². The molecule has 1 spiro atoms. The summed E-state index contributed by atoms with van der Waals surface area (Å²) in [5, 5.41) is 3.02. The number of carbonyl (C=O) groups excluding carboxylic acids is 1. The number of piperidine rings is 1. The number of halogens is 1. The number of carbonyl (C=O) groups is 1. The lowest BCUT2D eigenvalue weighted by Gasteiger charge is -2.41. The number of aromatic nitrogens is 2. The van der Waals surface area contributed by atoms with Gasteiger partial charge in [-0.1, -0.05) is 17.7 Å². The Kier molecular flexibility index (Phi) is 3.62. The first-order chi connectivity index (χ1) is 11.2. The molecule has 0 radical (unpaired) electrons. The quantitative estimate of drug-likeness (QED) is 0.827. The number of aromatic amines is 1. The van der Waals surface area contributed by atoms with E-state index in [1.165, 1.54) is 11.4 Å². The van der Waals surface area contributed by atoms with E-state index in [1.54, 1.807) is 18.5 Å². The highest BCUT2D eigenvalue weighted by Gasteiger charge is 2.45. The van der Waals surface area contributed by atoms with Crippen molar-refractivity contribution in [2.24, 2.45) is 0 Å². The summed E-state index contributed by atoms with van der Waals surface area (Å²) < 4.78 is 0. The number of hydrogen-bond acceptors (Lipinski definition) is 2. The first-order valence-corrected chi connectivity index (χ1v) is 8.48. The van der Waals surface area contributed by atoms with Crippen molar-refractivity contribution in [3.63, 3.8) is 0 Å². The summed E-state index contributed by atoms with van der Waals surface area (Å²) in [4.78, 5) is 22.4. The van der Waals surface area contributed by atoms with Crippen LogP contribution in [0.2, 0.25) is 5.02 Å². The van der Waals surface area contributed by atoms with Gasteiger partial charge in [0.2, 0.25) is 0 Å². The fraction of sp³-hybridized carbons (Fsp3) is 0.412. The number of amides is 1. The highest BCUT2D eigenvalue weighted by molar-refractivity contribution is 6.30. The van der Waals surface area contributed by atoms with Gasteiger partial charge in [-0.15, -0.1) is 0 Å². The molecule has 1 saturated heterocycles. The normalized spacial score (nSPS) is 19.6. The first-order valence-electron chi connectivity index (χ1n) is 8.10. The summed E-state index contributed by atoms with van der Waals surface area (Å²) in [5.74, 6) is 0.0698. The molecule has 0 saturated carbocycles. The Balaban J connectivity index is 1.51. The molecule has 0 aliphatic carbocycles. The van der Waals surface area contributed by atoms with Gasteiger partial charge >= 0.3 is 0 Å². The van der Waals surface area contributed by atoms with Crippen LogP contribution in [-0.2, 0) is 12.0 Å². The van der Waals surface area contributed by atoms with E-state index < -0.39 is 0 Å². The summed E-state index contributed by atoms with van der Waals surface area (Å²) in [6, 6.07) is 7.19. The number of hydrogen-bond donors (Lipinski definition) is 2. The van der Waals surface area contributed by atoms with Gasteiger partial charge in [0.25, 0.3) is 5.91 Å². The topological polar surface area (TPSA) is 65.6 Å². The lowest BCUT2D eigenvalue weighted by Crippen LogP contribution is -2.97. The van der Waals surface area contributed by atoms with Crippen LogP contribution in [0.5, 0.6) is 0 Å². The van der Waals surface area contributed by atoms with Crippen LogP contribution in [0.25, 0.3) is 0 Å². The number of likely N-dealkylation sites (tertiary alicyclic amines) is 1. The number of H-pyrrole nitrogens is 1. The summed E-state index contributed by atoms with van der Waals surface area (Å²) in [7, 11) is 0. The molecule has 1 amide bonds. The van der Waals surface area contributed by atoms with E-state index in [4.69, 9.17) is 11.6 Å².